The monoisotopic (exact) mass is 370 g/mol. The van der Waals surface area contributed by atoms with Crippen molar-refractivity contribution in [3.63, 3.8) is 0 Å². The Hall–Kier alpha value is -2.13. The Kier molecular flexibility index (Phi) is 9.08. The molecule has 0 aromatic carbocycles. The first-order valence-electron chi connectivity index (χ1n) is 8.83. The lowest BCUT2D eigenvalue weighted by Crippen LogP contribution is -2.44. The van der Waals surface area contributed by atoms with Gasteiger partial charge >= 0.3 is 5.69 Å². The van der Waals surface area contributed by atoms with E-state index in [0.717, 1.165) is 12.8 Å². The number of ether oxygens (including phenoxy) is 2. The van der Waals surface area contributed by atoms with Crippen LogP contribution in [-0.2, 0) is 20.8 Å². The summed E-state index contributed by atoms with van der Waals surface area (Å²) < 4.78 is 11.5. The van der Waals surface area contributed by atoms with Crippen LogP contribution in [0.25, 0.3) is 0 Å². The van der Waals surface area contributed by atoms with E-state index in [1.165, 1.54) is 16.6 Å². The second-order valence-corrected chi connectivity index (χ2v) is 6.44. The Bertz CT molecular complexity index is 695. The first kappa shape index (κ1) is 21.9. The SMILES string of the molecule is CCCCn1c(N)c(N(CC(C)C)C(=O)COCCOC)c(=O)[nH]c1=O. The molecule has 0 saturated heterocycles. The van der Waals surface area contributed by atoms with Crippen molar-refractivity contribution in [3.05, 3.63) is 20.8 Å². The Morgan fingerprint density at radius 3 is 2.58 bits per heavy atom. The molecule has 1 aromatic rings. The number of aromatic nitrogens is 2. The van der Waals surface area contributed by atoms with Crippen LogP contribution in [0.3, 0.4) is 0 Å². The number of nitrogens with one attached hydrogen (secondary N) is 1. The van der Waals surface area contributed by atoms with Crippen LogP contribution in [0, 0.1) is 5.92 Å². The number of methoxy groups -OCH3 is 1. The van der Waals surface area contributed by atoms with E-state index in [1.54, 1.807) is 0 Å². The van der Waals surface area contributed by atoms with Crippen LogP contribution >= 0.6 is 0 Å². The Balaban J connectivity index is 3.22. The minimum atomic E-state index is -0.675. The molecule has 1 amide bonds. The highest BCUT2D eigenvalue weighted by Crippen LogP contribution is 2.19. The minimum Gasteiger partial charge on any atom is -0.383 e. The fourth-order valence-electron chi connectivity index (χ4n) is 2.44. The third-order valence-electron chi connectivity index (χ3n) is 3.73. The van der Waals surface area contributed by atoms with Crippen molar-refractivity contribution >= 4 is 17.4 Å². The number of carbonyl (C=O) groups is 1. The first-order chi connectivity index (χ1) is 12.3. The average Bonchev–Trinajstić information content (AvgIpc) is 2.57. The standard InChI is InChI=1S/C17H30N4O5/c1-5-6-7-20-15(18)14(16(23)19-17(20)24)21(10-12(2)3)13(22)11-26-9-8-25-4/h12H,5-11,18H2,1-4H3,(H,19,23,24). The first-order valence-corrected chi connectivity index (χ1v) is 8.83. The third-order valence-corrected chi connectivity index (χ3v) is 3.73. The van der Waals surface area contributed by atoms with Crippen LogP contribution in [0.5, 0.6) is 0 Å². The van der Waals surface area contributed by atoms with Crippen LogP contribution in [0.1, 0.15) is 33.6 Å². The van der Waals surface area contributed by atoms with Gasteiger partial charge in [0.05, 0.1) is 13.2 Å². The van der Waals surface area contributed by atoms with Gasteiger partial charge in [-0.05, 0) is 12.3 Å². The summed E-state index contributed by atoms with van der Waals surface area (Å²) in [5.74, 6) is -0.307. The molecule has 1 aromatic heterocycles. The molecule has 0 aliphatic heterocycles. The van der Waals surface area contributed by atoms with Crippen LogP contribution in [-0.4, -0.2) is 48.9 Å². The predicted molar refractivity (Wildman–Crippen MR) is 101 cm³/mol. The maximum absolute atomic E-state index is 12.6. The van der Waals surface area contributed by atoms with Crippen LogP contribution in [0.15, 0.2) is 9.59 Å². The zero-order valence-electron chi connectivity index (χ0n) is 16.0. The summed E-state index contributed by atoms with van der Waals surface area (Å²) in [4.78, 5) is 40.6. The summed E-state index contributed by atoms with van der Waals surface area (Å²) in [7, 11) is 1.54. The highest BCUT2D eigenvalue weighted by Gasteiger charge is 2.24. The van der Waals surface area contributed by atoms with Crippen molar-refractivity contribution in [2.24, 2.45) is 5.92 Å². The number of anilines is 2. The topological polar surface area (TPSA) is 120 Å². The smallest absolute Gasteiger partial charge is 0.330 e. The minimum absolute atomic E-state index is 0.00177. The highest BCUT2D eigenvalue weighted by molar-refractivity contribution is 5.96. The Morgan fingerprint density at radius 2 is 2.00 bits per heavy atom. The number of carbonyl (C=O) groups excluding carboxylic acids is 1. The third kappa shape index (κ3) is 5.99. The van der Waals surface area contributed by atoms with E-state index in [2.05, 4.69) is 4.98 Å². The molecule has 0 bridgehead atoms. The van der Waals surface area contributed by atoms with Crippen molar-refractivity contribution in [2.75, 3.05) is 44.1 Å². The van der Waals surface area contributed by atoms with Crippen molar-refractivity contribution < 1.29 is 14.3 Å². The largest absolute Gasteiger partial charge is 0.383 e. The molecule has 1 rings (SSSR count). The molecule has 26 heavy (non-hydrogen) atoms. The van der Waals surface area contributed by atoms with Crippen molar-refractivity contribution in [1.82, 2.24) is 9.55 Å². The number of nitrogen functional groups attached to an aromatic ring is 1. The average molecular weight is 370 g/mol. The molecule has 0 aliphatic rings. The summed E-state index contributed by atoms with van der Waals surface area (Å²) in [6, 6.07) is 0. The molecule has 0 fully saturated rings. The predicted octanol–water partition coefficient (Wildman–Crippen LogP) is 0.571. The highest BCUT2D eigenvalue weighted by atomic mass is 16.5. The summed E-state index contributed by atoms with van der Waals surface area (Å²) in [6.45, 7) is 6.91. The second-order valence-electron chi connectivity index (χ2n) is 6.44. The Labute approximate surface area is 153 Å². The van der Waals surface area contributed by atoms with E-state index in [0.29, 0.717) is 13.2 Å². The molecule has 3 N–H and O–H groups in total. The van der Waals surface area contributed by atoms with Crippen LogP contribution in [0.2, 0.25) is 0 Å². The molecule has 0 spiro atoms. The van der Waals surface area contributed by atoms with Gasteiger partial charge in [0.25, 0.3) is 11.5 Å². The molecule has 0 radical (unpaired) electrons. The van der Waals surface area contributed by atoms with E-state index in [-0.39, 0.29) is 37.2 Å². The number of rotatable bonds is 11. The second kappa shape index (κ2) is 10.8. The number of unbranched alkanes of at least 4 members (excludes halogenated alkanes) is 1. The van der Waals surface area contributed by atoms with Gasteiger partial charge in [0.2, 0.25) is 0 Å². The molecule has 0 atom stereocenters. The van der Waals surface area contributed by atoms with E-state index < -0.39 is 17.2 Å². The van der Waals surface area contributed by atoms with Gasteiger partial charge in [-0.1, -0.05) is 27.2 Å². The molecule has 9 heteroatoms. The number of hydrogen-bond acceptors (Lipinski definition) is 6. The Morgan fingerprint density at radius 1 is 1.31 bits per heavy atom. The van der Waals surface area contributed by atoms with Gasteiger partial charge in [-0.25, -0.2) is 4.79 Å². The molecule has 0 saturated carbocycles. The van der Waals surface area contributed by atoms with Crippen molar-refractivity contribution in [3.8, 4) is 0 Å². The number of nitrogens with zero attached hydrogens (tertiary/aromatic N) is 2. The van der Waals surface area contributed by atoms with Gasteiger partial charge in [0.15, 0.2) is 5.69 Å². The molecular formula is C17H30N4O5. The van der Waals surface area contributed by atoms with Crippen molar-refractivity contribution in [2.45, 2.75) is 40.2 Å². The van der Waals surface area contributed by atoms with Crippen LogP contribution in [0.4, 0.5) is 11.5 Å². The molecular weight excluding hydrogens is 340 g/mol. The number of aromatic amines is 1. The van der Waals surface area contributed by atoms with Gasteiger partial charge < -0.3 is 20.1 Å². The normalized spacial score (nSPS) is 11.1. The summed E-state index contributed by atoms with van der Waals surface area (Å²) >= 11 is 0. The van der Waals surface area contributed by atoms with E-state index in [1.807, 2.05) is 20.8 Å². The molecule has 1 heterocycles. The zero-order chi connectivity index (χ0) is 19.7. The van der Waals surface area contributed by atoms with Crippen molar-refractivity contribution in [1.29, 1.82) is 0 Å². The summed E-state index contributed by atoms with van der Waals surface area (Å²) in [5, 5.41) is 0. The number of nitrogens with two attached hydrogens (primary N) is 1. The quantitative estimate of drug-likeness (QED) is 0.550. The van der Waals surface area contributed by atoms with Crippen LogP contribution < -0.4 is 21.9 Å². The zero-order valence-corrected chi connectivity index (χ0v) is 16.0. The maximum Gasteiger partial charge on any atom is 0.330 e. The fraction of sp³-hybridized carbons (Fsp3) is 0.706. The molecule has 0 aliphatic carbocycles. The lowest BCUT2D eigenvalue weighted by Gasteiger charge is -2.26. The van der Waals surface area contributed by atoms with Gasteiger partial charge in [0.1, 0.15) is 12.4 Å². The lowest BCUT2D eigenvalue weighted by molar-refractivity contribution is -0.123. The summed E-state index contributed by atoms with van der Waals surface area (Å²) in [5.41, 5.74) is 4.85. The molecule has 9 nitrogen and oxygen atoms in total. The van der Waals surface area contributed by atoms with E-state index >= 15 is 0 Å². The van der Waals surface area contributed by atoms with Gasteiger partial charge in [0, 0.05) is 20.2 Å². The maximum atomic E-state index is 12.6. The number of amides is 1. The van der Waals surface area contributed by atoms with Gasteiger partial charge in [-0.2, -0.15) is 0 Å². The number of H-pyrrole nitrogens is 1. The fourth-order valence-corrected chi connectivity index (χ4v) is 2.44. The number of hydrogen-bond donors (Lipinski definition) is 2. The molecule has 0 unspecified atom stereocenters. The van der Waals surface area contributed by atoms with Gasteiger partial charge in [-0.3, -0.25) is 19.1 Å². The van der Waals surface area contributed by atoms with E-state index in [4.69, 9.17) is 15.2 Å². The lowest BCUT2D eigenvalue weighted by atomic mass is 10.2. The van der Waals surface area contributed by atoms with Gasteiger partial charge in [-0.15, -0.1) is 0 Å². The molecule has 148 valence electrons. The van der Waals surface area contributed by atoms with E-state index in [9.17, 15) is 14.4 Å². The summed E-state index contributed by atoms with van der Waals surface area (Å²) in [6.07, 6.45) is 1.59.